The van der Waals surface area contributed by atoms with Gasteiger partial charge in [-0.3, -0.25) is 9.59 Å². The fourth-order valence-corrected chi connectivity index (χ4v) is 6.28. The number of para-hydroxylation sites is 1. The first kappa shape index (κ1) is 33.0. The van der Waals surface area contributed by atoms with Gasteiger partial charge in [0, 0.05) is 25.4 Å². The van der Waals surface area contributed by atoms with Gasteiger partial charge < -0.3 is 14.4 Å². The molecule has 0 spiro atoms. The average molecular weight is 641 g/mol. The van der Waals surface area contributed by atoms with E-state index in [1.165, 1.54) is 23.9 Å². The number of rotatable bonds is 14. The Morgan fingerprint density at radius 3 is 2.04 bits per heavy atom. The van der Waals surface area contributed by atoms with Gasteiger partial charge in [0.25, 0.3) is 5.56 Å². The van der Waals surface area contributed by atoms with Crippen LogP contribution in [-0.2, 0) is 30.3 Å². The number of carbonyl (C=O) groups is 1. The number of hydrogen-bond acceptors (Lipinski definition) is 5. The highest BCUT2D eigenvalue weighted by molar-refractivity contribution is 7.98. The van der Waals surface area contributed by atoms with Crippen molar-refractivity contribution in [2.45, 2.75) is 44.5 Å². The molecule has 0 fully saturated rings. The summed E-state index contributed by atoms with van der Waals surface area (Å²) in [5, 5.41) is 0.888. The molecule has 6 nitrogen and oxygen atoms in total. The van der Waals surface area contributed by atoms with Crippen molar-refractivity contribution in [3.63, 3.8) is 0 Å². The standard InChI is InChI=1S/C37H38F2N4O2S/c1-3-41(4-2)21-22-42(24-28-11-17-31(18-12-28)30-15-9-27(23-38)10-16-30)35(44)25-43-34-8-6-5-7-33(34)36(45)40-37(43)46-26-29-13-19-32(39)20-14-29/h5-20H,3-4,21-26H2,1-2H3. The van der Waals surface area contributed by atoms with Gasteiger partial charge in [0.1, 0.15) is 19.0 Å². The summed E-state index contributed by atoms with van der Waals surface area (Å²) in [5.74, 6) is 0.0670. The molecule has 5 rings (SSSR count). The van der Waals surface area contributed by atoms with E-state index in [0.717, 1.165) is 41.9 Å². The Bertz CT molecular complexity index is 1810. The van der Waals surface area contributed by atoms with E-state index in [-0.39, 0.29) is 23.8 Å². The molecule has 0 unspecified atom stereocenters. The maximum Gasteiger partial charge on any atom is 0.281 e. The van der Waals surface area contributed by atoms with Crippen molar-refractivity contribution in [2.75, 3.05) is 26.2 Å². The Balaban J connectivity index is 1.41. The van der Waals surface area contributed by atoms with Crippen molar-refractivity contribution < 1.29 is 13.6 Å². The zero-order valence-corrected chi connectivity index (χ0v) is 27.0. The molecule has 0 N–H and O–H groups in total. The van der Waals surface area contributed by atoms with Crippen LogP contribution in [0.2, 0.25) is 0 Å². The maximum absolute atomic E-state index is 14.1. The molecule has 0 radical (unpaired) electrons. The third-order valence-corrected chi connectivity index (χ3v) is 9.18. The topological polar surface area (TPSA) is 58.4 Å². The van der Waals surface area contributed by atoms with Crippen molar-refractivity contribution in [2.24, 2.45) is 0 Å². The second kappa shape index (κ2) is 15.8. The molecule has 238 valence electrons. The van der Waals surface area contributed by atoms with Gasteiger partial charge in [0.05, 0.1) is 10.9 Å². The number of amides is 1. The van der Waals surface area contributed by atoms with E-state index < -0.39 is 6.67 Å². The van der Waals surface area contributed by atoms with Crippen molar-refractivity contribution in [1.82, 2.24) is 19.4 Å². The number of nitrogens with zero attached hydrogens (tertiary/aromatic N) is 4. The molecule has 0 aliphatic heterocycles. The van der Waals surface area contributed by atoms with Crippen LogP contribution in [0.25, 0.3) is 22.0 Å². The lowest BCUT2D eigenvalue weighted by molar-refractivity contribution is -0.132. The molecule has 4 aromatic carbocycles. The van der Waals surface area contributed by atoms with E-state index >= 15 is 0 Å². The molecule has 1 aromatic heterocycles. The van der Waals surface area contributed by atoms with Gasteiger partial charge >= 0.3 is 0 Å². The summed E-state index contributed by atoms with van der Waals surface area (Å²) in [7, 11) is 0. The zero-order valence-electron chi connectivity index (χ0n) is 26.2. The summed E-state index contributed by atoms with van der Waals surface area (Å²) >= 11 is 1.35. The van der Waals surface area contributed by atoms with Crippen LogP contribution in [0.15, 0.2) is 107 Å². The summed E-state index contributed by atoms with van der Waals surface area (Å²) < 4.78 is 28.3. The summed E-state index contributed by atoms with van der Waals surface area (Å²) in [6, 6.07) is 28.9. The van der Waals surface area contributed by atoms with Gasteiger partial charge in [0.15, 0.2) is 5.16 Å². The normalized spacial score (nSPS) is 11.3. The highest BCUT2D eigenvalue weighted by Gasteiger charge is 2.20. The summed E-state index contributed by atoms with van der Waals surface area (Å²) in [5.41, 5.74) is 4.83. The number of fused-ring (bicyclic) bond motifs is 1. The van der Waals surface area contributed by atoms with E-state index in [9.17, 15) is 18.4 Å². The number of benzene rings is 4. The molecule has 46 heavy (non-hydrogen) atoms. The van der Waals surface area contributed by atoms with Crippen molar-refractivity contribution >= 4 is 28.6 Å². The van der Waals surface area contributed by atoms with E-state index in [1.54, 1.807) is 36.4 Å². The molecule has 1 heterocycles. The zero-order chi connectivity index (χ0) is 32.5. The van der Waals surface area contributed by atoms with Crippen molar-refractivity contribution in [1.29, 1.82) is 0 Å². The minimum absolute atomic E-state index is 0.0107. The third kappa shape index (κ3) is 8.27. The Morgan fingerprint density at radius 1 is 0.804 bits per heavy atom. The minimum atomic E-state index is -0.490. The number of thioether (sulfide) groups is 1. The lowest BCUT2D eigenvalue weighted by Crippen LogP contribution is -2.40. The van der Waals surface area contributed by atoms with E-state index in [2.05, 4.69) is 23.7 Å². The SMILES string of the molecule is CCN(CC)CCN(Cc1ccc(-c2ccc(CF)cc2)cc1)C(=O)Cn1c(SCc2ccc(F)cc2)nc(=O)c2ccccc21. The summed E-state index contributed by atoms with van der Waals surface area (Å²) in [6.45, 7) is 7.19. The van der Waals surface area contributed by atoms with Crippen LogP contribution in [0.5, 0.6) is 0 Å². The number of carbonyl (C=O) groups excluding carboxylic acids is 1. The number of alkyl halides is 1. The first-order chi connectivity index (χ1) is 22.4. The Kier molecular flexibility index (Phi) is 11.3. The third-order valence-electron chi connectivity index (χ3n) is 8.13. The molecular weight excluding hydrogens is 602 g/mol. The van der Waals surface area contributed by atoms with Crippen LogP contribution < -0.4 is 5.56 Å². The molecular formula is C37H38F2N4O2S. The van der Waals surface area contributed by atoms with Gasteiger partial charge in [0.2, 0.25) is 5.91 Å². The average Bonchev–Trinajstić information content (AvgIpc) is 3.09. The van der Waals surface area contributed by atoms with Gasteiger partial charge in [-0.25, -0.2) is 8.78 Å². The van der Waals surface area contributed by atoms with Crippen LogP contribution in [0.4, 0.5) is 8.78 Å². The monoisotopic (exact) mass is 640 g/mol. The molecule has 9 heteroatoms. The van der Waals surface area contributed by atoms with Crippen LogP contribution in [0, 0.1) is 5.82 Å². The van der Waals surface area contributed by atoms with Crippen LogP contribution >= 0.6 is 11.8 Å². The predicted octanol–water partition coefficient (Wildman–Crippen LogP) is 7.34. The quantitative estimate of drug-likeness (QED) is 0.0940. The minimum Gasteiger partial charge on any atom is -0.336 e. The summed E-state index contributed by atoms with van der Waals surface area (Å²) in [4.78, 5) is 35.6. The maximum atomic E-state index is 14.1. The predicted molar refractivity (Wildman–Crippen MR) is 182 cm³/mol. The smallest absolute Gasteiger partial charge is 0.281 e. The molecule has 0 aliphatic rings. The molecule has 0 saturated heterocycles. The van der Waals surface area contributed by atoms with Gasteiger partial charge in [-0.05, 0) is 65.2 Å². The number of hydrogen-bond donors (Lipinski definition) is 0. The molecule has 0 aliphatic carbocycles. The highest BCUT2D eigenvalue weighted by atomic mass is 32.2. The van der Waals surface area contributed by atoms with Gasteiger partial charge in [-0.15, -0.1) is 0 Å². The Hall–Kier alpha value is -4.34. The van der Waals surface area contributed by atoms with Crippen molar-refractivity contribution in [3.05, 3.63) is 130 Å². The summed E-state index contributed by atoms with van der Waals surface area (Å²) in [6.07, 6.45) is 0. The lowest BCUT2D eigenvalue weighted by Gasteiger charge is -2.28. The van der Waals surface area contributed by atoms with E-state index in [0.29, 0.717) is 40.5 Å². The number of aromatic nitrogens is 2. The van der Waals surface area contributed by atoms with E-state index in [4.69, 9.17) is 0 Å². The molecule has 5 aromatic rings. The fourth-order valence-electron chi connectivity index (χ4n) is 5.33. The van der Waals surface area contributed by atoms with E-state index in [1.807, 2.05) is 58.0 Å². The largest absolute Gasteiger partial charge is 0.336 e. The van der Waals surface area contributed by atoms with Crippen LogP contribution in [-0.4, -0.2) is 51.4 Å². The molecule has 0 saturated carbocycles. The van der Waals surface area contributed by atoms with Gasteiger partial charge in [-0.2, -0.15) is 4.98 Å². The van der Waals surface area contributed by atoms with Crippen molar-refractivity contribution in [3.8, 4) is 11.1 Å². The number of likely N-dealkylation sites (N-methyl/N-ethyl adjacent to an activating group) is 1. The van der Waals surface area contributed by atoms with Crippen LogP contribution in [0.3, 0.4) is 0 Å². The molecule has 1 amide bonds. The van der Waals surface area contributed by atoms with Gasteiger partial charge in [-0.1, -0.05) is 98.4 Å². The highest BCUT2D eigenvalue weighted by Crippen LogP contribution is 2.25. The second-order valence-corrected chi connectivity index (χ2v) is 12.0. The molecule has 0 bridgehead atoms. The fraction of sp³-hybridized carbons (Fsp3) is 0.270. The lowest BCUT2D eigenvalue weighted by atomic mass is 10.0. The Labute approximate surface area is 272 Å². The Morgan fingerprint density at radius 2 is 1.41 bits per heavy atom. The van der Waals surface area contributed by atoms with Crippen LogP contribution in [0.1, 0.15) is 30.5 Å². The second-order valence-electron chi connectivity index (χ2n) is 11.1. The molecule has 0 atom stereocenters. The number of halogens is 2. The first-order valence-corrected chi connectivity index (χ1v) is 16.5. The first-order valence-electron chi connectivity index (χ1n) is 15.5.